The van der Waals surface area contributed by atoms with Crippen LogP contribution >= 0.6 is 10.7 Å². The standard InChI is InChI=1S/C11H13NS/c1-12-9-11-6-4-3-5-10(11)7-8-13(12)2/h3-8H,2,9H2,1H3. The molecule has 1 unspecified atom stereocenters. The molecule has 13 heavy (non-hydrogen) atoms. The van der Waals surface area contributed by atoms with Crippen molar-refractivity contribution in [2.75, 3.05) is 7.05 Å². The molecule has 68 valence electrons. The van der Waals surface area contributed by atoms with Crippen molar-refractivity contribution in [1.82, 2.24) is 4.31 Å². The van der Waals surface area contributed by atoms with E-state index in [1.54, 1.807) is 0 Å². The number of fused-ring (bicyclic) bond motifs is 1. The van der Waals surface area contributed by atoms with Crippen LogP contribution in [-0.2, 0) is 6.54 Å². The molecule has 2 rings (SSSR count). The summed E-state index contributed by atoms with van der Waals surface area (Å²) in [4.78, 5) is 0. The summed E-state index contributed by atoms with van der Waals surface area (Å²) in [5.74, 6) is 4.09. The molecule has 0 fully saturated rings. The third-order valence-corrected chi connectivity index (χ3v) is 3.63. The van der Waals surface area contributed by atoms with Crippen molar-refractivity contribution < 1.29 is 0 Å². The maximum atomic E-state index is 4.09. The van der Waals surface area contributed by atoms with Crippen molar-refractivity contribution in [1.29, 1.82) is 0 Å². The predicted molar refractivity (Wildman–Crippen MR) is 61.7 cm³/mol. The summed E-state index contributed by atoms with van der Waals surface area (Å²) in [7, 11) is 2.14. The topological polar surface area (TPSA) is 3.24 Å². The van der Waals surface area contributed by atoms with E-state index >= 15 is 0 Å². The van der Waals surface area contributed by atoms with Gasteiger partial charge in [0.15, 0.2) is 0 Å². The van der Waals surface area contributed by atoms with Gasteiger partial charge in [-0.25, -0.2) is 0 Å². The van der Waals surface area contributed by atoms with Gasteiger partial charge in [-0.15, -0.1) is 10.7 Å². The minimum absolute atomic E-state index is 0.0242. The molecule has 0 N–H and O–H groups in total. The minimum atomic E-state index is 0.0242. The zero-order valence-electron chi connectivity index (χ0n) is 7.73. The zero-order valence-corrected chi connectivity index (χ0v) is 8.55. The molecule has 0 spiro atoms. The van der Waals surface area contributed by atoms with E-state index in [1.807, 2.05) is 0 Å². The molecule has 1 aliphatic rings. The fraction of sp³-hybridized carbons (Fsp3) is 0.182. The predicted octanol–water partition coefficient (Wildman–Crippen LogP) is 2.72. The summed E-state index contributed by atoms with van der Waals surface area (Å²) in [6, 6.07) is 8.50. The summed E-state index contributed by atoms with van der Waals surface area (Å²) in [5, 5.41) is 2.17. The Kier molecular flexibility index (Phi) is 2.34. The van der Waals surface area contributed by atoms with Gasteiger partial charge < -0.3 is 0 Å². The van der Waals surface area contributed by atoms with Gasteiger partial charge in [-0.3, -0.25) is 4.31 Å². The third kappa shape index (κ3) is 1.74. The fourth-order valence-corrected chi connectivity index (χ4v) is 2.24. The van der Waals surface area contributed by atoms with E-state index in [-0.39, 0.29) is 10.7 Å². The van der Waals surface area contributed by atoms with Gasteiger partial charge in [0.25, 0.3) is 0 Å². The van der Waals surface area contributed by atoms with Crippen molar-refractivity contribution in [3.8, 4) is 0 Å². The van der Waals surface area contributed by atoms with E-state index in [4.69, 9.17) is 0 Å². The minimum Gasteiger partial charge on any atom is -0.252 e. The van der Waals surface area contributed by atoms with Crippen LogP contribution in [0.4, 0.5) is 0 Å². The molecule has 0 radical (unpaired) electrons. The van der Waals surface area contributed by atoms with Gasteiger partial charge in [0.2, 0.25) is 0 Å². The summed E-state index contributed by atoms with van der Waals surface area (Å²) >= 11 is 0. The Morgan fingerprint density at radius 3 is 3.00 bits per heavy atom. The highest BCUT2D eigenvalue weighted by Gasteiger charge is 2.07. The largest absolute Gasteiger partial charge is 0.252 e. The van der Waals surface area contributed by atoms with Crippen molar-refractivity contribution in [3.63, 3.8) is 0 Å². The second-order valence-corrected chi connectivity index (χ2v) is 4.89. The normalized spacial score (nSPS) is 22.4. The van der Waals surface area contributed by atoms with E-state index in [0.29, 0.717) is 0 Å². The van der Waals surface area contributed by atoms with Gasteiger partial charge in [0, 0.05) is 6.54 Å². The second kappa shape index (κ2) is 3.48. The van der Waals surface area contributed by atoms with Crippen LogP contribution in [0.2, 0.25) is 0 Å². The molecular weight excluding hydrogens is 178 g/mol. The lowest BCUT2D eigenvalue weighted by Crippen LogP contribution is -2.08. The van der Waals surface area contributed by atoms with Gasteiger partial charge in [-0.1, -0.05) is 30.1 Å². The Hall–Kier alpha value is -0.860. The number of hydrogen-bond donors (Lipinski definition) is 0. The first-order valence-corrected chi connectivity index (χ1v) is 5.69. The smallest absolute Gasteiger partial charge is 0.0341 e. The average molecular weight is 191 g/mol. The molecule has 0 amide bonds. The van der Waals surface area contributed by atoms with Gasteiger partial charge in [-0.05, 0) is 29.7 Å². The molecular formula is C11H13NS. The highest BCUT2D eigenvalue weighted by molar-refractivity contribution is 8.14. The molecule has 1 nitrogen and oxygen atoms in total. The van der Waals surface area contributed by atoms with E-state index in [1.165, 1.54) is 11.1 Å². The van der Waals surface area contributed by atoms with Crippen molar-refractivity contribution in [2.45, 2.75) is 6.54 Å². The first-order valence-electron chi connectivity index (χ1n) is 4.27. The SMILES string of the molecule is C=S1C=Cc2ccccc2CN1C. The molecule has 1 aromatic rings. The van der Waals surface area contributed by atoms with Crippen molar-refractivity contribution in [2.24, 2.45) is 0 Å². The summed E-state index contributed by atoms with van der Waals surface area (Å²) in [5.41, 5.74) is 2.72. The lowest BCUT2D eigenvalue weighted by molar-refractivity contribution is 0.567. The lowest BCUT2D eigenvalue weighted by atomic mass is 10.1. The molecule has 1 heterocycles. The molecule has 1 atom stereocenters. The Balaban J connectivity index is 2.46. The van der Waals surface area contributed by atoms with Crippen LogP contribution in [0, 0.1) is 0 Å². The molecule has 0 saturated heterocycles. The van der Waals surface area contributed by atoms with E-state index in [2.05, 4.69) is 53.0 Å². The molecule has 0 aliphatic carbocycles. The van der Waals surface area contributed by atoms with E-state index < -0.39 is 0 Å². The van der Waals surface area contributed by atoms with Crippen molar-refractivity contribution in [3.05, 3.63) is 40.8 Å². The molecule has 2 heteroatoms. The maximum absolute atomic E-state index is 4.09. The number of rotatable bonds is 0. The summed E-state index contributed by atoms with van der Waals surface area (Å²) < 4.78 is 2.27. The zero-order chi connectivity index (χ0) is 9.26. The van der Waals surface area contributed by atoms with E-state index in [0.717, 1.165) is 6.54 Å². The fourth-order valence-electron chi connectivity index (χ4n) is 1.42. The molecule has 0 saturated carbocycles. The number of benzene rings is 1. The van der Waals surface area contributed by atoms with Crippen LogP contribution in [0.5, 0.6) is 0 Å². The number of hydrogen-bond acceptors (Lipinski definition) is 1. The van der Waals surface area contributed by atoms with Gasteiger partial charge in [0.1, 0.15) is 0 Å². The van der Waals surface area contributed by atoms with E-state index in [9.17, 15) is 0 Å². The monoisotopic (exact) mass is 191 g/mol. The maximum Gasteiger partial charge on any atom is 0.0341 e. The third-order valence-electron chi connectivity index (χ3n) is 2.25. The molecule has 1 aromatic carbocycles. The molecule has 1 aliphatic heterocycles. The summed E-state index contributed by atoms with van der Waals surface area (Å²) in [6.45, 7) is 0.996. The van der Waals surface area contributed by atoms with Crippen LogP contribution in [-0.4, -0.2) is 17.2 Å². The average Bonchev–Trinajstić information content (AvgIpc) is 2.28. The van der Waals surface area contributed by atoms with Crippen LogP contribution in [0.15, 0.2) is 29.7 Å². The Morgan fingerprint density at radius 1 is 1.38 bits per heavy atom. The van der Waals surface area contributed by atoms with Crippen LogP contribution in [0.1, 0.15) is 11.1 Å². The van der Waals surface area contributed by atoms with Crippen molar-refractivity contribution >= 4 is 22.6 Å². The molecule has 0 aromatic heterocycles. The van der Waals surface area contributed by atoms with Gasteiger partial charge in [-0.2, -0.15) is 0 Å². The second-order valence-electron chi connectivity index (χ2n) is 3.19. The lowest BCUT2D eigenvalue weighted by Gasteiger charge is -2.15. The highest BCUT2D eigenvalue weighted by atomic mass is 32.2. The van der Waals surface area contributed by atoms with Gasteiger partial charge in [0.05, 0.1) is 0 Å². The first kappa shape index (κ1) is 8.73. The van der Waals surface area contributed by atoms with Crippen LogP contribution in [0.3, 0.4) is 0 Å². The quantitative estimate of drug-likeness (QED) is 0.570. The van der Waals surface area contributed by atoms with Crippen LogP contribution < -0.4 is 0 Å². The Morgan fingerprint density at radius 2 is 2.15 bits per heavy atom. The summed E-state index contributed by atoms with van der Waals surface area (Å²) in [6.07, 6.45) is 2.18. The Labute approximate surface area is 81.8 Å². The molecule has 0 bridgehead atoms. The first-order chi connectivity index (χ1) is 6.27. The highest BCUT2D eigenvalue weighted by Crippen LogP contribution is 2.27. The van der Waals surface area contributed by atoms with Crippen LogP contribution in [0.25, 0.3) is 6.08 Å². The van der Waals surface area contributed by atoms with Gasteiger partial charge >= 0.3 is 0 Å². The number of nitrogens with zero attached hydrogens (tertiary/aromatic N) is 1. The Bertz CT molecular complexity index is 368.